The van der Waals surface area contributed by atoms with Gasteiger partial charge in [-0.15, -0.1) is 0 Å². The van der Waals surface area contributed by atoms with Gasteiger partial charge in [-0.25, -0.2) is 4.98 Å². The summed E-state index contributed by atoms with van der Waals surface area (Å²) in [5.41, 5.74) is 1.79. The molecule has 0 atom stereocenters. The highest BCUT2D eigenvalue weighted by atomic mass is 79.9. The summed E-state index contributed by atoms with van der Waals surface area (Å²) in [6, 6.07) is 0. The van der Waals surface area contributed by atoms with Gasteiger partial charge in [-0.05, 0) is 31.9 Å². The fourth-order valence-electron chi connectivity index (χ4n) is 1.08. The van der Waals surface area contributed by atoms with Crippen molar-refractivity contribution >= 4 is 50.9 Å². The Morgan fingerprint density at radius 2 is 2.17 bits per heavy atom. The first-order valence-corrected chi connectivity index (χ1v) is 4.93. The first kappa shape index (κ1) is 8.25. The van der Waals surface area contributed by atoms with Gasteiger partial charge in [-0.2, -0.15) is 0 Å². The Balaban J connectivity index is 2.92. The molecule has 2 aromatic heterocycles. The zero-order chi connectivity index (χ0) is 8.72. The van der Waals surface area contributed by atoms with E-state index < -0.39 is 0 Å². The van der Waals surface area contributed by atoms with Crippen LogP contribution in [0.2, 0.25) is 0 Å². The molecule has 2 heterocycles. The van der Waals surface area contributed by atoms with Crippen LogP contribution in [0.1, 0.15) is 0 Å². The molecule has 0 N–H and O–H groups in total. The lowest BCUT2D eigenvalue weighted by Gasteiger charge is -1.98. The Labute approximate surface area is 86.9 Å². The number of nitrogens with zero attached hydrogens (tertiary/aromatic N) is 3. The molecule has 0 unspecified atom stereocenters. The third-order valence-corrected chi connectivity index (χ3v) is 2.55. The van der Waals surface area contributed by atoms with Crippen LogP contribution in [-0.2, 0) is 0 Å². The van der Waals surface area contributed by atoms with Crippen LogP contribution in [0.3, 0.4) is 0 Å². The molecule has 0 saturated heterocycles. The van der Waals surface area contributed by atoms with Crippen LogP contribution in [0, 0.1) is 0 Å². The minimum Gasteiger partial charge on any atom is -0.291 e. The molecule has 0 aliphatic heterocycles. The molecule has 2 aromatic rings. The zero-order valence-electron chi connectivity index (χ0n) is 6.25. The smallest absolute Gasteiger partial charge is 0.169 e. The summed E-state index contributed by atoms with van der Waals surface area (Å²) in [7, 11) is 1.93. The van der Waals surface area contributed by atoms with Crippen molar-refractivity contribution in [1.29, 1.82) is 0 Å². The Hall–Kier alpha value is -0.355. The van der Waals surface area contributed by atoms with Crippen molar-refractivity contribution in [2.75, 3.05) is 0 Å². The first-order valence-electron chi connectivity index (χ1n) is 3.34. The Kier molecular flexibility index (Phi) is 1.96. The molecule has 0 saturated carbocycles. The number of hydrogen-bond acceptors (Lipinski definition) is 2. The number of hydrogen-bond donors (Lipinski definition) is 0. The van der Waals surface area contributed by atoms with Crippen molar-refractivity contribution in [2.45, 2.75) is 0 Å². The maximum atomic E-state index is 4.23. The van der Waals surface area contributed by atoms with Gasteiger partial charge in [0.2, 0.25) is 0 Å². The Morgan fingerprint density at radius 1 is 1.42 bits per heavy atom. The van der Waals surface area contributed by atoms with Gasteiger partial charge in [0.05, 0.1) is 6.20 Å². The maximum Gasteiger partial charge on any atom is 0.169 e. The quantitative estimate of drug-likeness (QED) is 0.662. The summed E-state index contributed by atoms with van der Waals surface area (Å²) in [6.45, 7) is 0. The predicted molar refractivity (Wildman–Crippen MR) is 56.6 cm³/mol. The molecule has 0 aliphatic carbocycles. The van der Waals surface area contributed by atoms with Crippen LogP contribution >= 0.6 is 31.9 Å². The van der Waals surface area contributed by atoms with Gasteiger partial charge < -0.3 is 0 Å². The van der Waals surface area contributed by atoms with E-state index in [9.17, 15) is 0 Å². The molecular weight excluding hydrogens is 285 g/mol. The third kappa shape index (κ3) is 1.19. The molecular formula is C6H4BBr2N3. The number of fused-ring (bicyclic) bond motifs is 1. The molecule has 0 radical (unpaired) electrons. The Morgan fingerprint density at radius 3 is 2.92 bits per heavy atom. The monoisotopic (exact) mass is 287 g/mol. The summed E-state index contributed by atoms with van der Waals surface area (Å²) < 4.78 is 3.68. The average Bonchev–Trinajstić information content (AvgIpc) is 2.33. The number of rotatable bonds is 0. The number of imidazole rings is 1. The molecule has 2 rings (SSSR count). The van der Waals surface area contributed by atoms with Crippen molar-refractivity contribution in [3.05, 3.63) is 21.6 Å². The Bertz CT molecular complexity index is 440. The minimum absolute atomic E-state index is 0.811. The van der Waals surface area contributed by atoms with Crippen LogP contribution in [-0.4, -0.2) is 22.2 Å². The van der Waals surface area contributed by atoms with E-state index in [4.69, 9.17) is 0 Å². The SMILES string of the molecule is Bc1nc(Br)cn2c(Br)cnc12. The van der Waals surface area contributed by atoms with Crippen LogP contribution in [0.4, 0.5) is 0 Å². The minimum atomic E-state index is 0.811. The topological polar surface area (TPSA) is 30.2 Å². The van der Waals surface area contributed by atoms with Crippen LogP contribution in [0.25, 0.3) is 5.65 Å². The lowest BCUT2D eigenvalue weighted by atomic mass is 10.1. The van der Waals surface area contributed by atoms with Crippen LogP contribution in [0.5, 0.6) is 0 Å². The highest BCUT2D eigenvalue weighted by molar-refractivity contribution is 9.10. The molecule has 0 aliphatic rings. The average molecular weight is 289 g/mol. The molecule has 0 bridgehead atoms. The highest BCUT2D eigenvalue weighted by Crippen LogP contribution is 2.13. The van der Waals surface area contributed by atoms with Crippen molar-refractivity contribution in [1.82, 2.24) is 14.4 Å². The van der Waals surface area contributed by atoms with E-state index in [0.29, 0.717) is 0 Å². The standard InChI is InChI=1S/C6H4BBr2N3/c7-5-6-10-1-4(9)12(6)2-3(8)11-5/h1-2H,7H2. The van der Waals surface area contributed by atoms with Gasteiger partial charge in [0.1, 0.15) is 14.9 Å². The fourth-order valence-corrected chi connectivity index (χ4v) is 1.92. The van der Waals surface area contributed by atoms with Crippen molar-refractivity contribution < 1.29 is 0 Å². The second-order valence-corrected chi connectivity index (χ2v) is 4.05. The van der Waals surface area contributed by atoms with Gasteiger partial charge in [0.25, 0.3) is 0 Å². The summed E-state index contributed by atoms with van der Waals surface area (Å²) in [5.74, 6) is 0. The lowest BCUT2D eigenvalue weighted by Crippen LogP contribution is -2.13. The van der Waals surface area contributed by atoms with Gasteiger partial charge in [-0.1, -0.05) is 0 Å². The second-order valence-electron chi connectivity index (χ2n) is 2.42. The molecule has 12 heavy (non-hydrogen) atoms. The van der Waals surface area contributed by atoms with Gasteiger partial charge >= 0.3 is 0 Å². The molecule has 0 amide bonds. The van der Waals surface area contributed by atoms with Crippen molar-refractivity contribution in [2.24, 2.45) is 0 Å². The summed E-state index contributed by atoms with van der Waals surface area (Å²) >= 11 is 6.71. The van der Waals surface area contributed by atoms with E-state index in [1.165, 1.54) is 0 Å². The second kappa shape index (κ2) is 2.85. The van der Waals surface area contributed by atoms with E-state index >= 15 is 0 Å². The molecule has 6 heteroatoms. The fraction of sp³-hybridized carbons (Fsp3) is 0. The lowest BCUT2D eigenvalue weighted by molar-refractivity contribution is 1.10. The van der Waals surface area contributed by atoms with Crippen molar-refractivity contribution in [3.8, 4) is 0 Å². The maximum absolute atomic E-state index is 4.23. The largest absolute Gasteiger partial charge is 0.291 e. The van der Waals surface area contributed by atoms with E-state index in [2.05, 4.69) is 41.8 Å². The molecule has 0 spiro atoms. The molecule has 60 valence electrons. The van der Waals surface area contributed by atoms with Gasteiger partial charge in [0, 0.05) is 11.8 Å². The van der Waals surface area contributed by atoms with E-state index in [1.54, 1.807) is 6.20 Å². The summed E-state index contributed by atoms with van der Waals surface area (Å²) in [5, 5.41) is 0. The predicted octanol–water partition coefficient (Wildman–Crippen LogP) is 0.513. The normalized spacial score (nSPS) is 10.8. The van der Waals surface area contributed by atoms with E-state index in [1.807, 2.05) is 18.4 Å². The first-order chi connectivity index (χ1) is 5.68. The highest BCUT2D eigenvalue weighted by Gasteiger charge is 2.04. The third-order valence-electron chi connectivity index (χ3n) is 1.59. The number of aromatic nitrogens is 3. The van der Waals surface area contributed by atoms with Gasteiger partial charge in [0.15, 0.2) is 7.85 Å². The molecule has 0 aromatic carbocycles. The van der Waals surface area contributed by atoms with Crippen molar-refractivity contribution in [3.63, 3.8) is 0 Å². The summed E-state index contributed by atoms with van der Waals surface area (Å²) in [4.78, 5) is 8.42. The van der Waals surface area contributed by atoms with Gasteiger partial charge in [-0.3, -0.25) is 9.38 Å². The van der Waals surface area contributed by atoms with Crippen LogP contribution < -0.4 is 5.59 Å². The zero-order valence-corrected chi connectivity index (χ0v) is 9.42. The van der Waals surface area contributed by atoms with E-state index in [0.717, 1.165) is 20.4 Å². The molecule has 0 fully saturated rings. The molecule has 3 nitrogen and oxygen atoms in total. The summed E-state index contributed by atoms with van der Waals surface area (Å²) in [6.07, 6.45) is 3.63. The number of halogens is 2. The van der Waals surface area contributed by atoms with Crippen LogP contribution in [0.15, 0.2) is 21.6 Å². The van der Waals surface area contributed by atoms with E-state index in [-0.39, 0.29) is 0 Å².